The van der Waals surface area contributed by atoms with Crippen molar-refractivity contribution in [2.75, 3.05) is 19.6 Å². The van der Waals surface area contributed by atoms with Crippen molar-refractivity contribution in [1.29, 1.82) is 0 Å². The predicted octanol–water partition coefficient (Wildman–Crippen LogP) is -0.743. The molecule has 0 aromatic heterocycles. The molecule has 15 heavy (non-hydrogen) atoms. The lowest BCUT2D eigenvalue weighted by molar-refractivity contribution is -0.823. The topological polar surface area (TPSA) is 43.9 Å². The van der Waals surface area contributed by atoms with E-state index in [0.29, 0.717) is 0 Å². The number of nitrogens with two attached hydrogens (primary N) is 1. The van der Waals surface area contributed by atoms with E-state index in [-0.39, 0.29) is 0 Å². The average Bonchev–Trinajstić information content (AvgIpc) is 2.74. The van der Waals surface area contributed by atoms with E-state index in [0.717, 1.165) is 19.6 Å². The molecule has 0 bridgehead atoms. The van der Waals surface area contributed by atoms with Crippen molar-refractivity contribution in [3.63, 3.8) is 0 Å². The molecule has 0 atom stereocenters. The van der Waals surface area contributed by atoms with Crippen LogP contribution in [0.25, 0.3) is 5.70 Å². The van der Waals surface area contributed by atoms with E-state index in [9.17, 15) is 0 Å². The molecule has 2 aliphatic rings. The summed E-state index contributed by atoms with van der Waals surface area (Å²) in [6, 6.07) is 10.5. The number of rotatable bonds is 1. The van der Waals surface area contributed by atoms with Gasteiger partial charge in [-0.05, 0) is 0 Å². The lowest BCUT2D eigenvalue weighted by Gasteiger charge is -2.22. The minimum absolute atomic E-state index is 0.952. The lowest BCUT2D eigenvalue weighted by Crippen LogP contribution is -2.98. The molecule has 78 valence electrons. The fourth-order valence-corrected chi connectivity index (χ4v) is 2.10. The van der Waals surface area contributed by atoms with Gasteiger partial charge in [0.1, 0.15) is 11.4 Å². The zero-order valence-electron chi connectivity index (χ0n) is 8.53. The molecule has 2 heterocycles. The highest BCUT2D eigenvalue weighted by atomic mass is 15.7. The van der Waals surface area contributed by atoms with Crippen molar-refractivity contribution in [2.45, 2.75) is 0 Å². The Morgan fingerprint density at radius 1 is 1.20 bits per heavy atom. The first kappa shape index (κ1) is 8.76. The predicted molar refractivity (Wildman–Crippen MR) is 58.0 cm³/mol. The number of benzene rings is 1. The van der Waals surface area contributed by atoms with Gasteiger partial charge in [0, 0.05) is 18.7 Å². The highest BCUT2D eigenvalue weighted by Crippen LogP contribution is 2.19. The summed E-state index contributed by atoms with van der Waals surface area (Å²) in [4.78, 5) is 0. The van der Waals surface area contributed by atoms with E-state index in [1.54, 1.807) is 0 Å². The molecular weight excluding hydrogens is 188 g/mol. The molecule has 1 fully saturated rings. The molecule has 0 amide bonds. The van der Waals surface area contributed by atoms with Crippen LogP contribution in [0.1, 0.15) is 5.56 Å². The Bertz CT molecular complexity index is 385. The Morgan fingerprint density at radius 2 is 2.07 bits per heavy atom. The van der Waals surface area contributed by atoms with E-state index < -0.39 is 0 Å². The van der Waals surface area contributed by atoms with Crippen LogP contribution in [0.2, 0.25) is 0 Å². The van der Waals surface area contributed by atoms with Gasteiger partial charge in [-0.1, -0.05) is 30.3 Å². The summed E-state index contributed by atoms with van der Waals surface area (Å²) in [7, 11) is 0. The van der Waals surface area contributed by atoms with Crippen molar-refractivity contribution >= 4 is 5.70 Å². The van der Waals surface area contributed by atoms with Crippen LogP contribution in [0.4, 0.5) is 0 Å². The largest absolute Gasteiger partial charge is 0.309 e. The van der Waals surface area contributed by atoms with Crippen LogP contribution in [-0.2, 0) is 0 Å². The van der Waals surface area contributed by atoms with Crippen LogP contribution in [0.15, 0.2) is 36.0 Å². The monoisotopic (exact) mass is 203 g/mol. The molecule has 4 N–H and O–H groups in total. The van der Waals surface area contributed by atoms with Crippen LogP contribution >= 0.6 is 0 Å². The molecule has 2 aliphatic heterocycles. The maximum absolute atomic E-state index is 3.40. The number of fused-ring (bicyclic) bond motifs is 1. The van der Waals surface area contributed by atoms with E-state index in [1.807, 2.05) is 6.07 Å². The summed E-state index contributed by atoms with van der Waals surface area (Å²) in [6.45, 7) is 3.07. The Balaban J connectivity index is 1.98. The molecular formula is C11H15N4+. The summed E-state index contributed by atoms with van der Waals surface area (Å²) < 4.78 is 0. The van der Waals surface area contributed by atoms with E-state index >= 15 is 0 Å². The third-order valence-electron chi connectivity index (χ3n) is 2.88. The third-order valence-corrected chi connectivity index (χ3v) is 2.88. The van der Waals surface area contributed by atoms with Gasteiger partial charge in [-0.2, -0.15) is 0 Å². The molecule has 0 radical (unpaired) electrons. The van der Waals surface area contributed by atoms with Gasteiger partial charge in [0.25, 0.3) is 0 Å². The second kappa shape index (κ2) is 3.56. The van der Waals surface area contributed by atoms with Gasteiger partial charge in [0.05, 0.1) is 6.54 Å². The van der Waals surface area contributed by atoms with Gasteiger partial charge in [0.15, 0.2) is 0 Å². The lowest BCUT2D eigenvalue weighted by atomic mass is 10.1. The van der Waals surface area contributed by atoms with Gasteiger partial charge in [-0.15, -0.1) is 5.53 Å². The summed E-state index contributed by atoms with van der Waals surface area (Å²) in [5, 5.41) is 5.69. The smallest absolute Gasteiger partial charge is 0.120 e. The SMILES string of the molecule is c1ccc(C2=C3CNCCN3[NH2+]N2)cc1. The first-order chi connectivity index (χ1) is 7.45. The number of piperazine rings is 1. The number of nitrogens with one attached hydrogen (secondary N) is 2. The normalized spacial score (nSPS) is 20.1. The Hall–Kier alpha value is -1.52. The van der Waals surface area contributed by atoms with Gasteiger partial charge in [0.2, 0.25) is 0 Å². The van der Waals surface area contributed by atoms with Crippen molar-refractivity contribution < 1.29 is 5.53 Å². The Labute approximate surface area is 88.9 Å². The molecule has 3 rings (SSSR count). The van der Waals surface area contributed by atoms with E-state index in [1.165, 1.54) is 17.0 Å². The zero-order chi connectivity index (χ0) is 10.1. The minimum atomic E-state index is 0.952. The molecule has 4 heteroatoms. The maximum atomic E-state index is 3.40. The molecule has 0 spiro atoms. The van der Waals surface area contributed by atoms with Crippen molar-refractivity contribution in [3.05, 3.63) is 41.6 Å². The molecule has 0 unspecified atom stereocenters. The quantitative estimate of drug-likeness (QED) is 0.527. The van der Waals surface area contributed by atoms with Gasteiger partial charge in [-0.3, -0.25) is 0 Å². The number of hydrogen-bond acceptors (Lipinski definition) is 3. The maximum Gasteiger partial charge on any atom is 0.120 e. The first-order valence-corrected chi connectivity index (χ1v) is 5.31. The second-order valence-corrected chi connectivity index (χ2v) is 3.83. The average molecular weight is 203 g/mol. The number of hydrogen-bond donors (Lipinski definition) is 3. The Morgan fingerprint density at radius 3 is 2.93 bits per heavy atom. The zero-order valence-corrected chi connectivity index (χ0v) is 8.53. The molecule has 1 aromatic carbocycles. The van der Waals surface area contributed by atoms with Crippen molar-refractivity contribution in [2.24, 2.45) is 0 Å². The molecule has 0 saturated carbocycles. The summed E-state index contributed by atoms with van der Waals surface area (Å²) >= 11 is 0. The molecule has 0 aliphatic carbocycles. The van der Waals surface area contributed by atoms with Crippen LogP contribution < -0.4 is 16.3 Å². The summed E-state index contributed by atoms with van der Waals surface area (Å²) in [5.74, 6) is 0. The molecule has 4 nitrogen and oxygen atoms in total. The molecule has 1 aromatic rings. The van der Waals surface area contributed by atoms with Crippen LogP contribution in [0.5, 0.6) is 0 Å². The fraction of sp³-hybridized carbons (Fsp3) is 0.273. The van der Waals surface area contributed by atoms with Gasteiger partial charge < -0.3 is 5.32 Å². The first-order valence-electron chi connectivity index (χ1n) is 5.31. The number of quaternary nitrogens is 1. The fourth-order valence-electron chi connectivity index (χ4n) is 2.10. The summed E-state index contributed by atoms with van der Waals surface area (Å²) in [5.41, 5.74) is 9.28. The third kappa shape index (κ3) is 1.48. The Kier molecular flexibility index (Phi) is 2.08. The van der Waals surface area contributed by atoms with Crippen molar-refractivity contribution in [1.82, 2.24) is 15.8 Å². The van der Waals surface area contributed by atoms with Crippen LogP contribution in [0, 0.1) is 0 Å². The van der Waals surface area contributed by atoms with Gasteiger partial charge >= 0.3 is 0 Å². The van der Waals surface area contributed by atoms with Crippen LogP contribution in [0.3, 0.4) is 0 Å². The molecule has 1 saturated heterocycles. The van der Waals surface area contributed by atoms with Crippen LogP contribution in [-0.4, -0.2) is 24.6 Å². The number of nitrogens with zero attached hydrogens (tertiary/aromatic N) is 1. The summed E-state index contributed by atoms with van der Waals surface area (Å²) in [6.07, 6.45) is 0. The highest BCUT2D eigenvalue weighted by Gasteiger charge is 2.28. The standard InChI is InChI=1S/C11H14N4/c1-2-4-9(5-3-1)11-10-8-12-6-7-15(10)14-13-11/h1-5,12-14H,6-8H2/p+1. The van der Waals surface area contributed by atoms with Gasteiger partial charge in [-0.25, -0.2) is 10.4 Å². The van der Waals surface area contributed by atoms with E-state index in [4.69, 9.17) is 0 Å². The second-order valence-electron chi connectivity index (χ2n) is 3.83. The minimum Gasteiger partial charge on any atom is -0.309 e. The highest BCUT2D eigenvalue weighted by molar-refractivity contribution is 5.66. The van der Waals surface area contributed by atoms with E-state index in [2.05, 4.69) is 45.6 Å². The van der Waals surface area contributed by atoms with Crippen molar-refractivity contribution in [3.8, 4) is 0 Å².